The van der Waals surface area contributed by atoms with Gasteiger partial charge in [0.25, 0.3) is 0 Å². The predicted molar refractivity (Wildman–Crippen MR) is 72.8 cm³/mol. The molecular formula is C14H19N3O. The lowest BCUT2D eigenvalue weighted by Crippen LogP contribution is -2.29. The molecule has 1 aromatic heterocycles. The summed E-state index contributed by atoms with van der Waals surface area (Å²) in [6, 6.07) is 6.81. The Balaban J connectivity index is 1.71. The molecule has 1 aromatic carbocycles. The Labute approximate surface area is 107 Å². The number of hydrogen-bond donors (Lipinski definition) is 2. The first-order valence-corrected chi connectivity index (χ1v) is 6.58. The summed E-state index contributed by atoms with van der Waals surface area (Å²) in [5.74, 6) is 0. The van der Waals surface area contributed by atoms with Gasteiger partial charge in [-0.1, -0.05) is 12.1 Å². The lowest BCUT2D eigenvalue weighted by atomic mass is 9.93. The van der Waals surface area contributed by atoms with Crippen LogP contribution in [-0.2, 0) is 4.74 Å². The number of aromatic nitrogens is 2. The van der Waals surface area contributed by atoms with E-state index in [1.165, 1.54) is 12.8 Å². The molecule has 0 saturated heterocycles. The van der Waals surface area contributed by atoms with Gasteiger partial charge in [-0.2, -0.15) is 5.10 Å². The SMILES string of the molecule is COC1CCC(Nc2cccc3cn[nH]c23)CC1. The van der Waals surface area contributed by atoms with Crippen molar-refractivity contribution in [3.63, 3.8) is 0 Å². The summed E-state index contributed by atoms with van der Waals surface area (Å²) in [4.78, 5) is 0. The minimum absolute atomic E-state index is 0.450. The highest BCUT2D eigenvalue weighted by molar-refractivity contribution is 5.89. The maximum Gasteiger partial charge on any atom is 0.0881 e. The van der Waals surface area contributed by atoms with Gasteiger partial charge < -0.3 is 10.1 Å². The molecule has 0 amide bonds. The highest BCUT2D eigenvalue weighted by Gasteiger charge is 2.21. The van der Waals surface area contributed by atoms with E-state index in [9.17, 15) is 0 Å². The van der Waals surface area contributed by atoms with Crippen molar-refractivity contribution in [3.8, 4) is 0 Å². The van der Waals surface area contributed by atoms with Gasteiger partial charge in [0, 0.05) is 18.5 Å². The highest BCUT2D eigenvalue weighted by atomic mass is 16.5. The van der Waals surface area contributed by atoms with Gasteiger partial charge in [-0.05, 0) is 31.7 Å². The number of fused-ring (bicyclic) bond motifs is 1. The van der Waals surface area contributed by atoms with Crippen LogP contribution in [0.15, 0.2) is 24.4 Å². The van der Waals surface area contributed by atoms with Crippen molar-refractivity contribution < 1.29 is 4.74 Å². The fourth-order valence-corrected chi connectivity index (χ4v) is 2.75. The zero-order chi connectivity index (χ0) is 12.4. The van der Waals surface area contributed by atoms with Crippen molar-refractivity contribution in [1.82, 2.24) is 10.2 Å². The molecule has 18 heavy (non-hydrogen) atoms. The molecule has 1 aliphatic rings. The molecule has 0 unspecified atom stereocenters. The van der Waals surface area contributed by atoms with Gasteiger partial charge in [0.1, 0.15) is 0 Å². The van der Waals surface area contributed by atoms with E-state index in [1.807, 2.05) is 13.3 Å². The molecule has 0 bridgehead atoms. The minimum Gasteiger partial charge on any atom is -0.381 e. The summed E-state index contributed by atoms with van der Waals surface area (Å²) in [6.07, 6.45) is 6.94. The van der Waals surface area contributed by atoms with Crippen molar-refractivity contribution in [1.29, 1.82) is 0 Å². The van der Waals surface area contributed by atoms with Crippen LogP contribution in [-0.4, -0.2) is 29.5 Å². The maximum atomic E-state index is 5.40. The lowest BCUT2D eigenvalue weighted by molar-refractivity contribution is 0.0682. The van der Waals surface area contributed by atoms with Gasteiger partial charge in [-0.15, -0.1) is 0 Å². The highest BCUT2D eigenvalue weighted by Crippen LogP contribution is 2.26. The largest absolute Gasteiger partial charge is 0.381 e. The number of benzene rings is 1. The number of hydrogen-bond acceptors (Lipinski definition) is 3. The monoisotopic (exact) mass is 245 g/mol. The molecule has 4 nitrogen and oxygen atoms in total. The number of nitrogens with zero attached hydrogens (tertiary/aromatic N) is 1. The molecular weight excluding hydrogens is 226 g/mol. The van der Waals surface area contributed by atoms with Crippen molar-refractivity contribution in [3.05, 3.63) is 24.4 Å². The lowest BCUT2D eigenvalue weighted by Gasteiger charge is -2.29. The predicted octanol–water partition coefficient (Wildman–Crippen LogP) is 2.93. The second-order valence-corrected chi connectivity index (χ2v) is 4.99. The molecule has 2 aromatic rings. The first-order valence-electron chi connectivity index (χ1n) is 6.58. The molecule has 3 rings (SSSR count). The van der Waals surface area contributed by atoms with E-state index in [4.69, 9.17) is 4.74 Å². The second kappa shape index (κ2) is 4.98. The average Bonchev–Trinajstić information content (AvgIpc) is 2.89. The Hall–Kier alpha value is -1.55. The van der Waals surface area contributed by atoms with Crippen LogP contribution in [0.5, 0.6) is 0 Å². The number of para-hydroxylation sites is 1. The standard InChI is InChI=1S/C14H19N3O/c1-18-12-7-5-11(6-8-12)16-13-4-2-3-10-9-15-17-14(10)13/h2-4,9,11-12,16H,5-8H2,1H3,(H,15,17). The summed E-state index contributed by atoms with van der Waals surface area (Å²) >= 11 is 0. The third-order valence-electron chi connectivity index (χ3n) is 3.84. The summed E-state index contributed by atoms with van der Waals surface area (Å²) in [6.45, 7) is 0. The Morgan fingerprint density at radius 1 is 1.28 bits per heavy atom. The Morgan fingerprint density at radius 2 is 2.11 bits per heavy atom. The van der Waals surface area contributed by atoms with E-state index in [2.05, 4.69) is 33.7 Å². The molecule has 4 heteroatoms. The molecule has 1 saturated carbocycles. The summed E-state index contributed by atoms with van der Waals surface area (Å²) in [7, 11) is 1.81. The first kappa shape index (κ1) is 11.5. The van der Waals surface area contributed by atoms with Gasteiger partial charge >= 0.3 is 0 Å². The van der Waals surface area contributed by atoms with Gasteiger partial charge in [0.2, 0.25) is 0 Å². The molecule has 1 heterocycles. The third kappa shape index (κ3) is 2.20. The Morgan fingerprint density at radius 3 is 2.89 bits per heavy atom. The minimum atomic E-state index is 0.450. The van der Waals surface area contributed by atoms with Crippen LogP contribution < -0.4 is 5.32 Å². The molecule has 0 spiro atoms. The number of methoxy groups -OCH3 is 1. The van der Waals surface area contributed by atoms with Crippen LogP contribution in [0.2, 0.25) is 0 Å². The van der Waals surface area contributed by atoms with E-state index in [1.54, 1.807) is 0 Å². The normalized spacial score (nSPS) is 24.3. The maximum absolute atomic E-state index is 5.40. The zero-order valence-corrected chi connectivity index (χ0v) is 10.6. The van der Waals surface area contributed by atoms with E-state index in [0.29, 0.717) is 12.1 Å². The van der Waals surface area contributed by atoms with Crippen molar-refractivity contribution in [2.24, 2.45) is 0 Å². The molecule has 2 N–H and O–H groups in total. The summed E-state index contributed by atoms with van der Waals surface area (Å²) in [5, 5.41) is 11.9. The molecule has 0 radical (unpaired) electrons. The van der Waals surface area contributed by atoms with Gasteiger partial charge in [0.15, 0.2) is 0 Å². The van der Waals surface area contributed by atoms with Crippen LogP contribution >= 0.6 is 0 Å². The quantitative estimate of drug-likeness (QED) is 0.874. The number of nitrogens with one attached hydrogen (secondary N) is 2. The molecule has 1 aliphatic carbocycles. The molecule has 96 valence electrons. The molecule has 0 atom stereocenters. The zero-order valence-electron chi connectivity index (χ0n) is 10.6. The number of anilines is 1. The summed E-state index contributed by atoms with van der Waals surface area (Å²) in [5.41, 5.74) is 2.26. The second-order valence-electron chi connectivity index (χ2n) is 4.99. The van der Waals surface area contributed by atoms with Crippen LogP contribution in [0.25, 0.3) is 10.9 Å². The average molecular weight is 245 g/mol. The van der Waals surface area contributed by atoms with Crippen molar-refractivity contribution >= 4 is 16.6 Å². The Kier molecular flexibility index (Phi) is 3.19. The molecule has 1 fully saturated rings. The molecule has 0 aliphatic heterocycles. The number of aromatic amines is 1. The van der Waals surface area contributed by atoms with E-state index in [-0.39, 0.29) is 0 Å². The van der Waals surface area contributed by atoms with Gasteiger partial charge in [-0.25, -0.2) is 0 Å². The smallest absolute Gasteiger partial charge is 0.0881 e. The van der Waals surface area contributed by atoms with Crippen LogP contribution in [0.3, 0.4) is 0 Å². The van der Waals surface area contributed by atoms with Crippen LogP contribution in [0.4, 0.5) is 5.69 Å². The fourth-order valence-electron chi connectivity index (χ4n) is 2.75. The van der Waals surface area contributed by atoms with E-state index < -0.39 is 0 Å². The fraction of sp³-hybridized carbons (Fsp3) is 0.500. The van der Waals surface area contributed by atoms with E-state index in [0.717, 1.165) is 29.4 Å². The number of H-pyrrole nitrogens is 1. The Bertz CT molecular complexity index is 514. The topological polar surface area (TPSA) is 49.9 Å². The van der Waals surface area contributed by atoms with Crippen LogP contribution in [0, 0.1) is 0 Å². The summed E-state index contributed by atoms with van der Waals surface area (Å²) < 4.78 is 5.40. The number of rotatable bonds is 3. The van der Waals surface area contributed by atoms with Crippen molar-refractivity contribution in [2.45, 2.75) is 37.8 Å². The van der Waals surface area contributed by atoms with E-state index >= 15 is 0 Å². The van der Waals surface area contributed by atoms with Crippen LogP contribution in [0.1, 0.15) is 25.7 Å². The van der Waals surface area contributed by atoms with Crippen molar-refractivity contribution in [2.75, 3.05) is 12.4 Å². The van der Waals surface area contributed by atoms with Gasteiger partial charge in [-0.3, -0.25) is 5.10 Å². The first-order chi connectivity index (χ1) is 8.86. The third-order valence-corrected chi connectivity index (χ3v) is 3.84. The van der Waals surface area contributed by atoms with Gasteiger partial charge in [0.05, 0.1) is 23.5 Å². The number of ether oxygens (including phenoxy) is 1.